The van der Waals surface area contributed by atoms with Gasteiger partial charge in [-0.05, 0) is 36.6 Å². The average Bonchev–Trinajstić information content (AvgIpc) is 2.73. The van der Waals surface area contributed by atoms with E-state index in [9.17, 15) is 14.9 Å². The van der Waals surface area contributed by atoms with Crippen molar-refractivity contribution in [3.8, 4) is 5.75 Å². The van der Waals surface area contributed by atoms with Gasteiger partial charge in [0.25, 0.3) is 0 Å². The first-order valence-corrected chi connectivity index (χ1v) is 9.26. The minimum absolute atomic E-state index is 0.219. The van der Waals surface area contributed by atoms with E-state index in [4.69, 9.17) is 9.47 Å². The van der Waals surface area contributed by atoms with Gasteiger partial charge in [-0.1, -0.05) is 48.5 Å². The number of nitrogens with zero attached hydrogens (tertiary/aromatic N) is 1. The molecule has 6 heteroatoms. The Labute approximate surface area is 163 Å². The Hall–Kier alpha value is -3.15. The molecular weight excluding hydrogens is 358 g/mol. The number of methoxy groups -OCH3 is 1. The number of carbonyl (C=O) groups excluding carboxylic acids is 1. The van der Waals surface area contributed by atoms with Crippen molar-refractivity contribution in [2.24, 2.45) is 0 Å². The van der Waals surface area contributed by atoms with Gasteiger partial charge in [0.1, 0.15) is 5.75 Å². The minimum atomic E-state index is -0.972. The number of esters is 1. The lowest BCUT2D eigenvalue weighted by molar-refractivity contribution is -0.530. The second-order valence-corrected chi connectivity index (χ2v) is 6.66. The van der Waals surface area contributed by atoms with Crippen LogP contribution in [0.25, 0.3) is 0 Å². The van der Waals surface area contributed by atoms with Crippen molar-refractivity contribution in [1.82, 2.24) is 0 Å². The van der Waals surface area contributed by atoms with E-state index in [1.807, 2.05) is 30.3 Å². The molecule has 1 aliphatic rings. The topological polar surface area (TPSA) is 78.7 Å². The zero-order valence-electron chi connectivity index (χ0n) is 15.9. The molecule has 28 heavy (non-hydrogen) atoms. The van der Waals surface area contributed by atoms with Crippen LogP contribution < -0.4 is 4.74 Å². The molecule has 6 nitrogen and oxygen atoms in total. The van der Waals surface area contributed by atoms with Gasteiger partial charge in [-0.2, -0.15) is 0 Å². The summed E-state index contributed by atoms with van der Waals surface area (Å²) in [6.07, 6.45) is 2.21. The van der Waals surface area contributed by atoms with Crippen LogP contribution in [0, 0.1) is 10.1 Å². The highest BCUT2D eigenvalue weighted by molar-refractivity contribution is 5.90. The van der Waals surface area contributed by atoms with Crippen LogP contribution in [0.15, 0.2) is 66.2 Å². The fourth-order valence-corrected chi connectivity index (χ4v) is 3.85. The van der Waals surface area contributed by atoms with Gasteiger partial charge in [-0.15, -0.1) is 0 Å². The summed E-state index contributed by atoms with van der Waals surface area (Å²) in [6, 6.07) is 15.5. The molecule has 2 aromatic rings. The maximum atomic E-state index is 12.6. The number of carbonyl (C=O) groups is 1. The molecule has 1 aliphatic carbocycles. The Bertz CT molecular complexity index is 860. The van der Waals surface area contributed by atoms with Crippen LogP contribution in [-0.2, 0) is 9.53 Å². The summed E-state index contributed by atoms with van der Waals surface area (Å²) in [4.78, 5) is 24.5. The zero-order valence-corrected chi connectivity index (χ0v) is 15.9. The van der Waals surface area contributed by atoms with E-state index in [-0.39, 0.29) is 17.4 Å². The molecule has 0 heterocycles. The van der Waals surface area contributed by atoms with Crippen LogP contribution in [0.3, 0.4) is 0 Å². The van der Waals surface area contributed by atoms with Gasteiger partial charge >= 0.3 is 5.97 Å². The molecule has 3 atom stereocenters. The van der Waals surface area contributed by atoms with Gasteiger partial charge in [-0.3, -0.25) is 10.1 Å². The first-order chi connectivity index (χ1) is 13.6. The first kappa shape index (κ1) is 19.6. The van der Waals surface area contributed by atoms with E-state index in [0.29, 0.717) is 23.3 Å². The molecule has 0 fully saturated rings. The second-order valence-electron chi connectivity index (χ2n) is 6.66. The van der Waals surface area contributed by atoms with Crippen LogP contribution in [0.1, 0.15) is 36.3 Å². The lowest BCUT2D eigenvalue weighted by Gasteiger charge is -2.32. The van der Waals surface area contributed by atoms with E-state index in [1.54, 1.807) is 44.4 Å². The molecule has 2 aromatic carbocycles. The summed E-state index contributed by atoms with van der Waals surface area (Å²) in [7, 11) is 1.56. The number of hydrogen-bond donors (Lipinski definition) is 0. The predicted octanol–water partition coefficient (Wildman–Crippen LogP) is 4.10. The second kappa shape index (κ2) is 8.69. The molecule has 3 rings (SSSR count). The predicted molar refractivity (Wildman–Crippen MR) is 105 cm³/mol. The van der Waals surface area contributed by atoms with Gasteiger partial charge in [0, 0.05) is 10.5 Å². The van der Waals surface area contributed by atoms with Crippen molar-refractivity contribution in [2.75, 3.05) is 13.7 Å². The quantitative estimate of drug-likeness (QED) is 0.428. The number of hydrogen-bond acceptors (Lipinski definition) is 5. The maximum absolute atomic E-state index is 12.6. The molecule has 0 unspecified atom stereocenters. The molecule has 0 N–H and O–H groups in total. The Balaban J connectivity index is 2.10. The number of nitro groups is 1. The standard InChI is InChI=1S/C22H23NO5/c1-3-28-22(24)19-14-13-18(15-7-5-4-6-8-15)21(23(25)26)20(19)16-9-11-17(27-2)12-10-16/h4-12,14,18,20-21H,3,13H2,1-2H3/t18-,20-,21-/m0/s1. The third-order valence-electron chi connectivity index (χ3n) is 5.14. The largest absolute Gasteiger partial charge is 0.497 e. The van der Waals surface area contributed by atoms with Gasteiger partial charge in [0.2, 0.25) is 6.04 Å². The number of benzene rings is 2. The number of rotatable bonds is 6. The Morgan fingerprint density at radius 2 is 1.79 bits per heavy atom. The molecule has 0 radical (unpaired) electrons. The normalized spacial score (nSPS) is 21.5. The van der Waals surface area contributed by atoms with Crippen molar-refractivity contribution in [1.29, 1.82) is 0 Å². The molecule has 0 spiro atoms. The van der Waals surface area contributed by atoms with E-state index in [1.165, 1.54) is 0 Å². The Kier molecular flexibility index (Phi) is 6.09. The van der Waals surface area contributed by atoms with Gasteiger partial charge in [0.15, 0.2) is 0 Å². The van der Waals surface area contributed by atoms with Crippen molar-refractivity contribution in [3.05, 3.63) is 87.5 Å². The zero-order chi connectivity index (χ0) is 20.1. The highest BCUT2D eigenvalue weighted by Gasteiger charge is 2.47. The first-order valence-electron chi connectivity index (χ1n) is 9.26. The molecule has 0 saturated carbocycles. The molecular formula is C22H23NO5. The van der Waals surface area contributed by atoms with Crippen LogP contribution in [0.4, 0.5) is 0 Å². The van der Waals surface area contributed by atoms with E-state index < -0.39 is 17.9 Å². The van der Waals surface area contributed by atoms with Crippen LogP contribution in [-0.4, -0.2) is 30.7 Å². The third-order valence-corrected chi connectivity index (χ3v) is 5.14. The lowest BCUT2D eigenvalue weighted by Crippen LogP contribution is -2.39. The fraction of sp³-hybridized carbons (Fsp3) is 0.318. The molecule has 0 amide bonds. The summed E-state index contributed by atoms with van der Waals surface area (Å²) < 4.78 is 10.4. The Morgan fingerprint density at radius 3 is 2.36 bits per heavy atom. The summed E-state index contributed by atoms with van der Waals surface area (Å²) in [5.41, 5.74) is 1.94. The molecule has 0 bridgehead atoms. The summed E-state index contributed by atoms with van der Waals surface area (Å²) in [5.74, 6) is -0.874. The van der Waals surface area contributed by atoms with Crippen LogP contribution in [0.2, 0.25) is 0 Å². The Morgan fingerprint density at radius 1 is 1.11 bits per heavy atom. The summed E-state index contributed by atoms with van der Waals surface area (Å²) in [6.45, 7) is 1.94. The number of allylic oxidation sites excluding steroid dienone is 1. The third kappa shape index (κ3) is 3.91. The maximum Gasteiger partial charge on any atom is 0.334 e. The van der Waals surface area contributed by atoms with E-state index in [0.717, 1.165) is 5.56 Å². The molecule has 0 saturated heterocycles. The molecule has 146 valence electrons. The average molecular weight is 381 g/mol. The SMILES string of the molecule is CCOC(=O)C1=CC[C@@H](c2ccccc2)[C@H]([N+](=O)[O-])[C@H]1c1ccc(OC)cc1. The van der Waals surface area contributed by atoms with Crippen LogP contribution in [0.5, 0.6) is 5.75 Å². The van der Waals surface area contributed by atoms with E-state index in [2.05, 4.69) is 0 Å². The smallest absolute Gasteiger partial charge is 0.334 e. The monoisotopic (exact) mass is 381 g/mol. The van der Waals surface area contributed by atoms with Crippen molar-refractivity contribution >= 4 is 5.97 Å². The summed E-state index contributed by atoms with van der Waals surface area (Å²) in [5, 5.41) is 12.2. The number of ether oxygens (including phenoxy) is 2. The lowest BCUT2D eigenvalue weighted by atomic mass is 9.71. The van der Waals surface area contributed by atoms with Crippen molar-refractivity contribution in [2.45, 2.75) is 31.2 Å². The highest BCUT2D eigenvalue weighted by Crippen LogP contribution is 2.44. The van der Waals surface area contributed by atoms with Crippen LogP contribution >= 0.6 is 0 Å². The summed E-state index contributed by atoms with van der Waals surface area (Å²) >= 11 is 0. The van der Waals surface area contributed by atoms with Crippen molar-refractivity contribution in [3.63, 3.8) is 0 Å². The molecule has 0 aliphatic heterocycles. The minimum Gasteiger partial charge on any atom is -0.497 e. The van der Waals surface area contributed by atoms with Crippen molar-refractivity contribution < 1.29 is 19.2 Å². The van der Waals surface area contributed by atoms with Gasteiger partial charge in [0.05, 0.1) is 25.6 Å². The highest BCUT2D eigenvalue weighted by atomic mass is 16.6. The van der Waals surface area contributed by atoms with Gasteiger partial charge in [-0.25, -0.2) is 4.79 Å². The fourth-order valence-electron chi connectivity index (χ4n) is 3.85. The van der Waals surface area contributed by atoms with Gasteiger partial charge < -0.3 is 9.47 Å². The van der Waals surface area contributed by atoms with E-state index >= 15 is 0 Å². The molecule has 0 aromatic heterocycles.